The van der Waals surface area contributed by atoms with E-state index in [1.165, 1.54) is 18.2 Å². The van der Waals surface area contributed by atoms with Crippen LogP contribution in [-0.2, 0) is 4.79 Å². The van der Waals surface area contributed by atoms with E-state index in [0.29, 0.717) is 17.7 Å². The van der Waals surface area contributed by atoms with E-state index in [2.05, 4.69) is 16.7 Å². The van der Waals surface area contributed by atoms with Crippen molar-refractivity contribution in [3.05, 3.63) is 63.2 Å². The fourth-order valence-electron chi connectivity index (χ4n) is 1.52. The number of rotatable bonds is 4. The van der Waals surface area contributed by atoms with E-state index < -0.39 is 4.92 Å². The molecule has 0 fully saturated rings. The normalized spacial score (nSPS) is 8.91. The molecule has 23 heavy (non-hydrogen) atoms. The van der Waals surface area contributed by atoms with Crippen molar-refractivity contribution in [3.8, 4) is 6.07 Å². The second-order valence-electron chi connectivity index (χ2n) is 4.12. The standard InChI is InChI=1S/C8H8N2.C7H5ClN2O3/c1-10-8-4-2-7(6-9)3-5-8;8-6-2-1-5(9-4-11)3-7(6)10(12)13/h2-5,10H,1H3;1-4H,(H,9,11). The van der Waals surface area contributed by atoms with E-state index >= 15 is 0 Å². The number of nitro benzene ring substituents is 1. The van der Waals surface area contributed by atoms with Gasteiger partial charge in [-0.15, -0.1) is 0 Å². The van der Waals surface area contributed by atoms with Crippen LogP contribution in [0.2, 0.25) is 5.02 Å². The first kappa shape index (κ1) is 17.9. The molecule has 0 unspecified atom stereocenters. The highest BCUT2D eigenvalue weighted by Crippen LogP contribution is 2.26. The van der Waals surface area contributed by atoms with Crippen molar-refractivity contribution in [2.45, 2.75) is 0 Å². The molecule has 1 amide bonds. The van der Waals surface area contributed by atoms with E-state index in [4.69, 9.17) is 16.9 Å². The maximum Gasteiger partial charge on any atom is 0.289 e. The van der Waals surface area contributed by atoms with E-state index in [-0.39, 0.29) is 10.7 Å². The van der Waals surface area contributed by atoms with Crippen LogP contribution in [0, 0.1) is 21.4 Å². The Morgan fingerprint density at radius 2 is 1.83 bits per heavy atom. The van der Waals surface area contributed by atoms with Crippen molar-refractivity contribution in [2.75, 3.05) is 17.7 Å². The Kier molecular flexibility index (Phi) is 7.04. The largest absolute Gasteiger partial charge is 0.388 e. The number of benzene rings is 2. The van der Waals surface area contributed by atoms with Crippen LogP contribution in [0.15, 0.2) is 42.5 Å². The third-order valence-corrected chi connectivity index (χ3v) is 2.99. The summed E-state index contributed by atoms with van der Waals surface area (Å²) in [4.78, 5) is 19.8. The van der Waals surface area contributed by atoms with E-state index in [1.54, 1.807) is 12.1 Å². The Morgan fingerprint density at radius 1 is 1.22 bits per heavy atom. The lowest BCUT2D eigenvalue weighted by molar-refractivity contribution is -0.384. The van der Waals surface area contributed by atoms with Gasteiger partial charge in [-0.2, -0.15) is 5.26 Å². The molecule has 2 aromatic carbocycles. The van der Waals surface area contributed by atoms with Crippen LogP contribution in [0.25, 0.3) is 0 Å². The van der Waals surface area contributed by atoms with Gasteiger partial charge in [0.05, 0.1) is 16.6 Å². The Labute approximate surface area is 137 Å². The van der Waals surface area contributed by atoms with Gasteiger partial charge in [0, 0.05) is 24.5 Å². The number of amides is 1. The molecular weight excluding hydrogens is 320 g/mol. The molecule has 0 aromatic heterocycles. The molecule has 8 heteroatoms. The monoisotopic (exact) mass is 332 g/mol. The average Bonchev–Trinajstić information content (AvgIpc) is 2.57. The zero-order chi connectivity index (χ0) is 17.2. The predicted octanol–water partition coefficient (Wildman–Crippen LogP) is 3.42. The summed E-state index contributed by atoms with van der Waals surface area (Å²) >= 11 is 5.53. The Bertz CT molecular complexity index is 726. The summed E-state index contributed by atoms with van der Waals surface area (Å²) in [7, 11) is 1.85. The molecule has 0 radical (unpaired) electrons. The summed E-state index contributed by atoms with van der Waals surface area (Å²) in [5.41, 5.74) is 1.83. The Balaban J connectivity index is 0.000000238. The third kappa shape index (κ3) is 5.65. The molecule has 0 aliphatic rings. The van der Waals surface area contributed by atoms with Crippen LogP contribution in [0.1, 0.15) is 5.56 Å². The third-order valence-electron chi connectivity index (χ3n) is 2.67. The molecule has 0 saturated carbocycles. The van der Waals surface area contributed by atoms with Crippen LogP contribution < -0.4 is 10.6 Å². The minimum atomic E-state index is -0.613. The van der Waals surface area contributed by atoms with Gasteiger partial charge in [-0.25, -0.2) is 0 Å². The lowest BCUT2D eigenvalue weighted by atomic mass is 10.2. The van der Waals surface area contributed by atoms with Crippen LogP contribution in [0.4, 0.5) is 17.1 Å². The van der Waals surface area contributed by atoms with Crippen molar-refractivity contribution in [1.82, 2.24) is 0 Å². The smallest absolute Gasteiger partial charge is 0.289 e. The zero-order valence-electron chi connectivity index (χ0n) is 12.1. The SMILES string of the molecule is CNc1ccc(C#N)cc1.O=CNc1ccc(Cl)c([N+](=O)[O-])c1. The number of hydrogen-bond donors (Lipinski definition) is 2. The maximum atomic E-state index is 10.4. The number of halogens is 1. The molecule has 0 aliphatic carbocycles. The van der Waals surface area contributed by atoms with Gasteiger partial charge in [0.1, 0.15) is 5.02 Å². The van der Waals surface area contributed by atoms with Crippen molar-refractivity contribution in [3.63, 3.8) is 0 Å². The maximum absolute atomic E-state index is 10.4. The predicted molar refractivity (Wildman–Crippen MR) is 88.5 cm³/mol. The van der Waals surface area contributed by atoms with E-state index in [0.717, 1.165) is 5.69 Å². The molecular formula is C15H13ClN4O3. The number of carbonyl (C=O) groups excluding carboxylic acids is 1. The number of nitro groups is 1. The van der Waals surface area contributed by atoms with Gasteiger partial charge >= 0.3 is 0 Å². The van der Waals surface area contributed by atoms with Gasteiger partial charge in [0.25, 0.3) is 5.69 Å². The highest BCUT2D eigenvalue weighted by molar-refractivity contribution is 6.32. The first-order chi connectivity index (χ1) is 11.0. The number of nitrogens with zero attached hydrogens (tertiary/aromatic N) is 2. The second kappa shape index (κ2) is 9.02. The van der Waals surface area contributed by atoms with Gasteiger partial charge in [-0.05, 0) is 36.4 Å². The number of anilines is 2. The topological polar surface area (TPSA) is 108 Å². The van der Waals surface area contributed by atoms with E-state index in [1.807, 2.05) is 19.2 Å². The molecule has 118 valence electrons. The van der Waals surface area contributed by atoms with Crippen molar-refractivity contribution in [1.29, 1.82) is 5.26 Å². The lowest BCUT2D eigenvalue weighted by Crippen LogP contribution is -1.95. The van der Waals surface area contributed by atoms with Crippen molar-refractivity contribution in [2.24, 2.45) is 0 Å². The van der Waals surface area contributed by atoms with Gasteiger partial charge in [-0.3, -0.25) is 14.9 Å². The Hall–Kier alpha value is -3.11. The summed E-state index contributed by atoms with van der Waals surface area (Å²) in [5.74, 6) is 0. The van der Waals surface area contributed by atoms with Crippen molar-refractivity contribution < 1.29 is 9.72 Å². The molecule has 0 heterocycles. The average molecular weight is 333 g/mol. The summed E-state index contributed by atoms with van der Waals surface area (Å²) < 4.78 is 0. The fraction of sp³-hybridized carbons (Fsp3) is 0.0667. The molecule has 0 atom stereocenters. The van der Waals surface area contributed by atoms with Crippen LogP contribution >= 0.6 is 11.6 Å². The molecule has 0 bridgehead atoms. The summed E-state index contributed by atoms with van der Waals surface area (Å²) in [6.07, 6.45) is 0.437. The second-order valence-corrected chi connectivity index (χ2v) is 4.53. The van der Waals surface area contributed by atoms with Crippen molar-refractivity contribution >= 4 is 35.1 Å². The first-order valence-electron chi connectivity index (χ1n) is 6.34. The quantitative estimate of drug-likeness (QED) is 0.506. The van der Waals surface area contributed by atoms with Gasteiger partial charge < -0.3 is 10.6 Å². The number of nitrogens with one attached hydrogen (secondary N) is 2. The highest BCUT2D eigenvalue weighted by Gasteiger charge is 2.11. The summed E-state index contributed by atoms with van der Waals surface area (Å²) in [6.45, 7) is 0. The summed E-state index contributed by atoms with van der Waals surface area (Å²) in [6, 6.07) is 13.4. The van der Waals surface area contributed by atoms with E-state index in [9.17, 15) is 14.9 Å². The van der Waals surface area contributed by atoms with Crippen LogP contribution in [0.5, 0.6) is 0 Å². The molecule has 2 aromatic rings. The number of carbonyl (C=O) groups is 1. The van der Waals surface area contributed by atoms with Gasteiger partial charge in [0.2, 0.25) is 6.41 Å². The number of hydrogen-bond acceptors (Lipinski definition) is 5. The van der Waals surface area contributed by atoms with Gasteiger partial charge in [-0.1, -0.05) is 11.6 Å². The fourth-order valence-corrected chi connectivity index (χ4v) is 1.71. The minimum absolute atomic E-state index is 0.0430. The highest BCUT2D eigenvalue weighted by atomic mass is 35.5. The summed E-state index contributed by atoms with van der Waals surface area (Å²) in [5, 5.41) is 24.1. The number of nitriles is 1. The molecule has 0 spiro atoms. The molecule has 0 aliphatic heterocycles. The van der Waals surface area contributed by atoms with Gasteiger partial charge in [0.15, 0.2) is 0 Å². The minimum Gasteiger partial charge on any atom is -0.388 e. The van der Waals surface area contributed by atoms with Crippen LogP contribution in [0.3, 0.4) is 0 Å². The molecule has 0 saturated heterocycles. The molecule has 2 rings (SSSR count). The van der Waals surface area contributed by atoms with Crippen LogP contribution in [-0.4, -0.2) is 18.4 Å². The molecule has 2 N–H and O–H groups in total. The lowest BCUT2D eigenvalue weighted by Gasteiger charge is -1.99. The first-order valence-corrected chi connectivity index (χ1v) is 6.71. The zero-order valence-corrected chi connectivity index (χ0v) is 12.9. The molecule has 7 nitrogen and oxygen atoms in total. The Morgan fingerprint density at radius 3 is 2.30 bits per heavy atom.